The summed E-state index contributed by atoms with van der Waals surface area (Å²) in [6.07, 6.45) is 0.438. The number of para-hydroxylation sites is 1. The minimum Gasteiger partial charge on any atom is -0.388 e. The van der Waals surface area contributed by atoms with Crippen molar-refractivity contribution >= 4 is 5.69 Å². The first-order valence-corrected chi connectivity index (χ1v) is 6.65. The monoisotopic (exact) mass is 233 g/mol. The Balaban J connectivity index is 2.26. The van der Waals surface area contributed by atoms with Crippen molar-refractivity contribution in [2.45, 2.75) is 33.3 Å². The molecule has 0 bridgehead atoms. The minimum absolute atomic E-state index is 0.336. The topological polar surface area (TPSA) is 23.5 Å². The van der Waals surface area contributed by atoms with E-state index in [-0.39, 0.29) is 6.10 Å². The fourth-order valence-corrected chi connectivity index (χ4v) is 2.60. The van der Waals surface area contributed by atoms with Crippen LogP contribution in [0.1, 0.15) is 38.9 Å². The smallest absolute Gasteiger partial charge is 0.0807 e. The van der Waals surface area contributed by atoms with E-state index in [1.54, 1.807) is 0 Å². The molecule has 1 aliphatic rings. The van der Waals surface area contributed by atoms with Gasteiger partial charge in [0.25, 0.3) is 0 Å². The van der Waals surface area contributed by atoms with Crippen molar-refractivity contribution in [1.29, 1.82) is 0 Å². The quantitative estimate of drug-likeness (QED) is 0.866. The molecule has 0 saturated carbocycles. The maximum atomic E-state index is 10.1. The maximum Gasteiger partial charge on any atom is 0.0807 e. The number of aliphatic hydroxyl groups excluding tert-OH is 1. The molecule has 2 unspecified atom stereocenters. The number of benzene rings is 1. The van der Waals surface area contributed by atoms with E-state index in [4.69, 9.17) is 0 Å². The van der Waals surface area contributed by atoms with E-state index < -0.39 is 0 Å². The Morgan fingerprint density at radius 2 is 1.82 bits per heavy atom. The minimum atomic E-state index is -0.336. The summed E-state index contributed by atoms with van der Waals surface area (Å²) in [6.45, 7) is 8.85. The predicted molar refractivity (Wildman–Crippen MR) is 72.2 cm³/mol. The molecular formula is C15H23NO. The normalized spacial score (nSPS) is 26.2. The first-order chi connectivity index (χ1) is 8.13. The second-order valence-corrected chi connectivity index (χ2v) is 5.34. The molecule has 17 heavy (non-hydrogen) atoms. The average Bonchev–Trinajstić information content (AvgIpc) is 2.68. The Hall–Kier alpha value is -1.02. The molecule has 1 aliphatic heterocycles. The van der Waals surface area contributed by atoms with Gasteiger partial charge in [0.2, 0.25) is 0 Å². The third kappa shape index (κ3) is 2.47. The summed E-state index contributed by atoms with van der Waals surface area (Å²) < 4.78 is 0. The summed E-state index contributed by atoms with van der Waals surface area (Å²) in [6, 6.07) is 8.27. The van der Waals surface area contributed by atoms with Gasteiger partial charge in [-0.1, -0.05) is 39.0 Å². The summed E-state index contributed by atoms with van der Waals surface area (Å²) in [7, 11) is 0. The lowest BCUT2D eigenvalue weighted by Gasteiger charge is -2.24. The van der Waals surface area contributed by atoms with E-state index in [1.165, 1.54) is 5.69 Å². The summed E-state index contributed by atoms with van der Waals surface area (Å²) in [5.74, 6) is 1.48. The standard InChI is InChI=1S/C15H23NO/c1-4-15(17)13-7-5-6-8-14(13)16-9-11(2)12(3)10-16/h5-8,11-12,15,17H,4,9-10H2,1-3H3/t11?,12?,15-/m0/s1. The zero-order valence-electron chi connectivity index (χ0n) is 11.1. The third-order valence-corrected chi connectivity index (χ3v) is 4.01. The van der Waals surface area contributed by atoms with Gasteiger partial charge in [0.05, 0.1) is 6.10 Å². The molecule has 0 aliphatic carbocycles. The Morgan fingerprint density at radius 3 is 2.41 bits per heavy atom. The van der Waals surface area contributed by atoms with E-state index in [0.717, 1.165) is 36.9 Å². The van der Waals surface area contributed by atoms with E-state index in [0.29, 0.717) is 0 Å². The van der Waals surface area contributed by atoms with Crippen LogP contribution in [0.25, 0.3) is 0 Å². The van der Waals surface area contributed by atoms with Crippen LogP contribution in [-0.4, -0.2) is 18.2 Å². The average molecular weight is 233 g/mol. The van der Waals surface area contributed by atoms with Gasteiger partial charge in [0, 0.05) is 24.3 Å². The lowest BCUT2D eigenvalue weighted by Crippen LogP contribution is -2.21. The van der Waals surface area contributed by atoms with Crippen LogP contribution in [-0.2, 0) is 0 Å². The van der Waals surface area contributed by atoms with Crippen molar-refractivity contribution in [3.05, 3.63) is 29.8 Å². The van der Waals surface area contributed by atoms with Gasteiger partial charge in [-0.3, -0.25) is 0 Å². The number of rotatable bonds is 3. The molecule has 1 saturated heterocycles. The molecule has 0 radical (unpaired) electrons. The van der Waals surface area contributed by atoms with Gasteiger partial charge in [-0.15, -0.1) is 0 Å². The van der Waals surface area contributed by atoms with Crippen molar-refractivity contribution in [2.75, 3.05) is 18.0 Å². The number of hydrogen-bond donors (Lipinski definition) is 1. The lowest BCUT2D eigenvalue weighted by atomic mass is 10.0. The van der Waals surface area contributed by atoms with Gasteiger partial charge >= 0.3 is 0 Å². The molecule has 0 amide bonds. The summed E-state index contributed by atoms with van der Waals surface area (Å²) in [5.41, 5.74) is 2.30. The molecule has 1 fully saturated rings. The molecule has 0 aromatic heterocycles. The van der Waals surface area contributed by atoms with Crippen LogP contribution >= 0.6 is 0 Å². The number of nitrogens with zero attached hydrogens (tertiary/aromatic N) is 1. The van der Waals surface area contributed by atoms with Crippen molar-refractivity contribution in [2.24, 2.45) is 11.8 Å². The molecule has 1 aromatic rings. The highest BCUT2D eigenvalue weighted by molar-refractivity contribution is 5.55. The lowest BCUT2D eigenvalue weighted by molar-refractivity contribution is 0.174. The van der Waals surface area contributed by atoms with Gasteiger partial charge < -0.3 is 10.0 Å². The van der Waals surface area contributed by atoms with Crippen molar-refractivity contribution < 1.29 is 5.11 Å². The summed E-state index contributed by atoms with van der Waals surface area (Å²) in [4.78, 5) is 2.42. The SMILES string of the molecule is CC[C@H](O)c1ccccc1N1CC(C)C(C)C1. The summed E-state index contributed by atoms with van der Waals surface area (Å²) >= 11 is 0. The highest BCUT2D eigenvalue weighted by Gasteiger charge is 2.27. The number of aliphatic hydroxyl groups is 1. The second-order valence-electron chi connectivity index (χ2n) is 5.34. The molecule has 1 N–H and O–H groups in total. The first-order valence-electron chi connectivity index (χ1n) is 6.65. The molecule has 3 atom stereocenters. The van der Waals surface area contributed by atoms with Gasteiger partial charge in [0.1, 0.15) is 0 Å². The van der Waals surface area contributed by atoms with Crippen LogP contribution in [0.4, 0.5) is 5.69 Å². The van der Waals surface area contributed by atoms with Gasteiger partial charge in [-0.05, 0) is 24.3 Å². The van der Waals surface area contributed by atoms with Crippen LogP contribution < -0.4 is 4.90 Å². The molecule has 2 heteroatoms. The van der Waals surface area contributed by atoms with Crippen LogP contribution in [0.3, 0.4) is 0 Å². The van der Waals surface area contributed by atoms with E-state index >= 15 is 0 Å². The van der Waals surface area contributed by atoms with E-state index in [9.17, 15) is 5.11 Å². The highest BCUT2D eigenvalue weighted by atomic mass is 16.3. The van der Waals surface area contributed by atoms with Crippen LogP contribution in [0, 0.1) is 11.8 Å². The molecule has 2 nitrogen and oxygen atoms in total. The number of anilines is 1. The molecular weight excluding hydrogens is 210 g/mol. The van der Waals surface area contributed by atoms with Crippen LogP contribution in [0.2, 0.25) is 0 Å². The zero-order valence-corrected chi connectivity index (χ0v) is 11.1. The predicted octanol–water partition coefficient (Wildman–Crippen LogP) is 3.22. The fraction of sp³-hybridized carbons (Fsp3) is 0.600. The van der Waals surface area contributed by atoms with Crippen molar-refractivity contribution in [3.63, 3.8) is 0 Å². The summed E-state index contributed by atoms with van der Waals surface area (Å²) in [5, 5.41) is 10.1. The fourth-order valence-electron chi connectivity index (χ4n) is 2.60. The second kappa shape index (κ2) is 5.09. The van der Waals surface area contributed by atoms with Crippen LogP contribution in [0.5, 0.6) is 0 Å². The first kappa shape index (κ1) is 12.4. The van der Waals surface area contributed by atoms with Crippen LogP contribution in [0.15, 0.2) is 24.3 Å². The zero-order chi connectivity index (χ0) is 12.4. The van der Waals surface area contributed by atoms with E-state index in [1.807, 2.05) is 13.0 Å². The van der Waals surface area contributed by atoms with Gasteiger partial charge in [-0.25, -0.2) is 0 Å². The molecule has 0 spiro atoms. The maximum absolute atomic E-state index is 10.1. The third-order valence-electron chi connectivity index (χ3n) is 4.01. The Kier molecular flexibility index (Phi) is 3.72. The Morgan fingerprint density at radius 1 is 1.24 bits per heavy atom. The molecule has 1 aromatic carbocycles. The highest BCUT2D eigenvalue weighted by Crippen LogP contribution is 2.33. The van der Waals surface area contributed by atoms with E-state index in [2.05, 4.69) is 36.9 Å². The van der Waals surface area contributed by atoms with Gasteiger partial charge in [0.15, 0.2) is 0 Å². The molecule has 94 valence electrons. The largest absolute Gasteiger partial charge is 0.388 e. The Bertz CT molecular complexity index is 367. The van der Waals surface area contributed by atoms with Crippen molar-refractivity contribution in [1.82, 2.24) is 0 Å². The Labute approximate surface area is 104 Å². The molecule has 1 heterocycles. The number of hydrogen-bond acceptors (Lipinski definition) is 2. The molecule has 2 rings (SSSR count). The van der Waals surface area contributed by atoms with Crippen molar-refractivity contribution in [3.8, 4) is 0 Å². The van der Waals surface area contributed by atoms with Gasteiger partial charge in [-0.2, -0.15) is 0 Å².